The van der Waals surface area contributed by atoms with E-state index < -0.39 is 0 Å². The second-order valence-corrected chi connectivity index (χ2v) is 9.21. The number of ether oxygens (including phenoxy) is 1. The molecule has 37 heavy (non-hydrogen) atoms. The van der Waals surface area contributed by atoms with Crippen molar-refractivity contribution in [2.75, 3.05) is 19.7 Å². The molecule has 4 aromatic rings. The number of hydrogen-bond donors (Lipinski definition) is 1. The molecule has 1 saturated heterocycles. The van der Waals surface area contributed by atoms with Crippen molar-refractivity contribution in [1.29, 1.82) is 5.41 Å². The summed E-state index contributed by atoms with van der Waals surface area (Å²) in [7, 11) is 0. The molecule has 0 radical (unpaired) electrons. The smallest absolute Gasteiger partial charge is 0.309 e. The molecule has 190 valence electrons. The van der Waals surface area contributed by atoms with E-state index >= 15 is 0 Å². The van der Waals surface area contributed by atoms with Gasteiger partial charge in [-0.2, -0.15) is 0 Å². The van der Waals surface area contributed by atoms with E-state index in [2.05, 4.69) is 4.98 Å². The summed E-state index contributed by atoms with van der Waals surface area (Å²) in [6, 6.07) is 8.81. The molecule has 0 spiro atoms. The molecule has 0 atom stereocenters. The van der Waals surface area contributed by atoms with Crippen molar-refractivity contribution in [1.82, 2.24) is 23.8 Å². The maximum absolute atomic E-state index is 13.6. The fraction of sp³-hybridized carbons (Fsp3) is 0.333. The first-order chi connectivity index (χ1) is 17.9. The van der Waals surface area contributed by atoms with Gasteiger partial charge in [-0.05, 0) is 56.0 Å². The molecule has 1 fully saturated rings. The Balaban J connectivity index is 1.62. The Bertz CT molecular complexity index is 1620. The monoisotopic (exact) mass is 500 g/mol. The van der Waals surface area contributed by atoms with Gasteiger partial charge in [-0.1, -0.05) is 12.1 Å². The predicted molar refractivity (Wildman–Crippen MR) is 136 cm³/mol. The molecule has 1 amide bonds. The van der Waals surface area contributed by atoms with E-state index in [4.69, 9.17) is 15.1 Å². The van der Waals surface area contributed by atoms with E-state index in [-0.39, 0.29) is 46.3 Å². The van der Waals surface area contributed by atoms with E-state index in [1.165, 1.54) is 10.5 Å². The topological polar surface area (TPSA) is 123 Å². The Kier molecular flexibility index (Phi) is 6.56. The average Bonchev–Trinajstić information content (AvgIpc) is 2.91. The predicted octanol–water partition coefficient (Wildman–Crippen LogP) is 2.30. The number of carbonyl (C=O) groups is 2. The maximum atomic E-state index is 13.6. The minimum Gasteiger partial charge on any atom is -0.466 e. The van der Waals surface area contributed by atoms with E-state index in [9.17, 15) is 14.4 Å². The highest BCUT2D eigenvalue weighted by Crippen LogP contribution is 2.21. The van der Waals surface area contributed by atoms with Crippen LogP contribution in [-0.2, 0) is 16.1 Å². The van der Waals surface area contributed by atoms with Gasteiger partial charge in [-0.3, -0.25) is 29.2 Å². The van der Waals surface area contributed by atoms with Gasteiger partial charge in [0.25, 0.3) is 11.5 Å². The molecular weight excluding hydrogens is 472 g/mol. The van der Waals surface area contributed by atoms with Gasteiger partial charge in [-0.25, -0.2) is 4.98 Å². The number of rotatable bonds is 5. The van der Waals surface area contributed by atoms with Crippen LogP contribution in [0, 0.1) is 18.3 Å². The first kappa shape index (κ1) is 24.4. The molecule has 10 heteroatoms. The third-order valence-electron chi connectivity index (χ3n) is 6.83. The van der Waals surface area contributed by atoms with E-state index in [1.54, 1.807) is 47.1 Å². The highest BCUT2D eigenvalue weighted by atomic mass is 16.5. The second-order valence-electron chi connectivity index (χ2n) is 9.21. The lowest BCUT2D eigenvalue weighted by atomic mass is 9.96. The fourth-order valence-corrected chi connectivity index (χ4v) is 4.84. The van der Waals surface area contributed by atoms with E-state index in [0.717, 1.165) is 11.1 Å². The van der Waals surface area contributed by atoms with Gasteiger partial charge >= 0.3 is 5.97 Å². The van der Waals surface area contributed by atoms with Crippen LogP contribution in [0.1, 0.15) is 41.3 Å². The number of aryl methyl sites for hydroxylation is 1. The molecule has 0 unspecified atom stereocenters. The lowest BCUT2D eigenvalue weighted by molar-refractivity contribution is -0.149. The van der Waals surface area contributed by atoms with Crippen LogP contribution in [0.5, 0.6) is 0 Å². The van der Waals surface area contributed by atoms with Crippen LogP contribution in [0.15, 0.2) is 53.7 Å². The van der Waals surface area contributed by atoms with Crippen LogP contribution < -0.4 is 11.0 Å². The second kappa shape index (κ2) is 9.96. The van der Waals surface area contributed by atoms with Crippen molar-refractivity contribution < 1.29 is 14.3 Å². The summed E-state index contributed by atoms with van der Waals surface area (Å²) in [5.41, 5.74) is 2.26. The van der Waals surface area contributed by atoms with Crippen molar-refractivity contribution in [3.63, 3.8) is 0 Å². The zero-order valence-electron chi connectivity index (χ0n) is 20.8. The van der Waals surface area contributed by atoms with Gasteiger partial charge in [0.1, 0.15) is 16.8 Å². The van der Waals surface area contributed by atoms with Crippen molar-refractivity contribution >= 4 is 28.6 Å². The van der Waals surface area contributed by atoms with Gasteiger partial charge in [0, 0.05) is 31.7 Å². The summed E-state index contributed by atoms with van der Waals surface area (Å²) < 4.78 is 8.20. The largest absolute Gasteiger partial charge is 0.466 e. The number of likely N-dealkylation sites (tertiary alicyclic amines) is 1. The number of aromatic nitrogens is 4. The zero-order valence-corrected chi connectivity index (χ0v) is 20.8. The van der Waals surface area contributed by atoms with E-state index in [1.807, 2.05) is 19.1 Å². The highest BCUT2D eigenvalue weighted by Gasteiger charge is 2.30. The summed E-state index contributed by atoms with van der Waals surface area (Å²) in [5, 5.41) is 9.25. The van der Waals surface area contributed by atoms with Crippen molar-refractivity contribution in [2.45, 2.75) is 33.2 Å². The molecule has 5 rings (SSSR count). The van der Waals surface area contributed by atoms with Gasteiger partial charge in [0.05, 0.1) is 30.0 Å². The molecule has 0 saturated carbocycles. The standard InChI is InChI=1S/C27H28N6O4/c1-3-37-27(36)19-8-12-31(13-9-19)25(34)20-14-21-24(30-23-17(2)6-5-11-32(23)26(21)35)33(22(20)28)16-18-7-4-10-29-15-18/h4-7,10-11,14-15,19,28H,3,8-9,12-13,16H2,1-2H3. The Morgan fingerprint density at radius 3 is 2.65 bits per heavy atom. The normalized spacial score (nSPS) is 14.3. The lowest BCUT2D eigenvalue weighted by Gasteiger charge is -2.31. The minimum atomic E-state index is -0.345. The molecule has 5 heterocycles. The molecule has 1 N–H and O–H groups in total. The molecular formula is C27H28N6O4. The summed E-state index contributed by atoms with van der Waals surface area (Å²) in [4.78, 5) is 49.9. The van der Waals surface area contributed by atoms with Gasteiger partial charge in [-0.15, -0.1) is 0 Å². The fourth-order valence-electron chi connectivity index (χ4n) is 4.84. The first-order valence-corrected chi connectivity index (χ1v) is 12.3. The van der Waals surface area contributed by atoms with Crippen LogP contribution in [0.3, 0.4) is 0 Å². The van der Waals surface area contributed by atoms with Crippen LogP contribution >= 0.6 is 0 Å². The third-order valence-corrected chi connectivity index (χ3v) is 6.83. The Labute approximate surface area is 212 Å². The summed E-state index contributed by atoms with van der Waals surface area (Å²) in [5.74, 6) is -0.824. The quantitative estimate of drug-likeness (QED) is 0.331. The van der Waals surface area contributed by atoms with Crippen LogP contribution in [0.2, 0.25) is 0 Å². The van der Waals surface area contributed by atoms with Gasteiger partial charge < -0.3 is 14.2 Å². The number of piperidine rings is 1. The maximum Gasteiger partial charge on any atom is 0.309 e. The third kappa shape index (κ3) is 4.50. The lowest BCUT2D eigenvalue weighted by Crippen LogP contribution is -2.43. The summed E-state index contributed by atoms with van der Waals surface area (Å²) in [6.45, 7) is 4.94. The van der Waals surface area contributed by atoms with Crippen molar-refractivity contribution in [3.05, 3.63) is 81.5 Å². The molecule has 0 aromatic carbocycles. The Hall–Kier alpha value is -4.34. The van der Waals surface area contributed by atoms with Crippen LogP contribution in [-0.4, -0.2) is 55.4 Å². The molecule has 4 aromatic heterocycles. The SMILES string of the molecule is CCOC(=O)C1CCN(C(=O)c2cc3c(=O)n4cccc(C)c4nc3n(Cc3cccnc3)c2=N)CC1. The average molecular weight is 501 g/mol. The number of nitrogens with one attached hydrogen (secondary N) is 1. The first-order valence-electron chi connectivity index (χ1n) is 12.3. The number of esters is 1. The Morgan fingerprint density at radius 2 is 1.95 bits per heavy atom. The molecule has 0 bridgehead atoms. The number of amides is 1. The number of hydrogen-bond acceptors (Lipinski definition) is 7. The summed E-state index contributed by atoms with van der Waals surface area (Å²) >= 11 is 0. The van der Waals surface area contributed by atoms with Gasteiger partial charge in [0.15, 0.2) is 0 Å². The molecule has 1 aliphatic rings. The van der Waals surface area contributed by atoms with Crippen molar-refractivity contribution in [3.8, 4) is 0 Å². The zero-order chi connectivity index (χ0) is 26.1. The molecule has 0 aliphatic carbocycles. The molecule has 10 nitrogen and oxygen atoms in total. The number of carbonyl (C=O) groups excluding carboxylic acids is 2. The molecule has 1 aliphatic heterocycles. The van der Waals surface area contributed by atoms with Gasteiger partial charge in [0.2, 0.25) is 0 Å². The van der Waals surface area contributed by atoms with Crippen LogP contribution in [0.25, 0.3) is 16.7 Å². The Morgan fingerprint density at radius 1 is 1.16 bits per heavy atom. The minimum absolute atomic E-state index is 0.0290. The number of fused-ring (bicyclic) bond motifs is 2. The highest BCUT2D eigenvalue weighted by molar-refractivity contribution is 5.97. The number of pyridine rings is 3. The van der Waals surface area contributed by atoms with Crippen LogP contribution in [0.4, 0.5) is 0 Å². The summed E-state index contributed by atoms with van der Waals surface area (Å²) in [6.07, 6.45) is 5.99. The van der Waals surface area contributed by atoms with E-state index in [0.29, 0.717) is 43.8 Å². The number of nitrogens with zero attached hydrogens (tertiary/aromatic N) is 5. The van der Waals surface area contributed by atoms with Crippen molar-refractivity contribution in [2.24, 2.45) is 5.92 Å².